The monoisotopic (exact) mass is 350 g/mol. The lowest BCUT2D eigenvalue weighted by Gasteiger charge is -2.43. The smallest absolute Gasteiger partial charge is 0.269 e. The van der Waals surface area contributed by atoms with Crippen molar-refractivity contribution in [3.8, 4) is 0 Å². The van der Waals surface area contributed by atoms with Gasteiger partial charge in [0.15, 0.2) is 0 Å². The molecule has 2 aromatic heterocycles. The molecule has 1 aliphatic rings. The largest absolute Gasteiger partial charge is 0.346 e. The van der Waals surface area contributed by atoms with Gasteiger partial charge in [-0.3, -0.25) is 4.79 Å². The Bertz CT molecular complexity index is 706. The molecule has 1 fully saturated rings. The van der Waals surface area contributed by atoms with Gasteiger partial charge < -0.3 is 15.2 Å². The van der Waals surface area contributed by atoms with E-state index in [4.69, 9.17) is 0 Å². The van der Waals surface area contributed by atoms with Gasteiger partial charge in [0.1, 0.15) is 5.69 Å². The Morgan fingerprint density at radius 3 is 2.64 bits per heavy atom. The van der Waals surface area contributed by atoms with Crippen molar-refractivity contribution in [2.75, 3.05) is 11.4 Å². The number of aromatic amines is 1. The highest BCUT2D eigenvalue weighted by Gasteiger charge is 2.35. The fourth-order valence-corrected chi connectivity index (χ4v) is 3.14. The van der Waals surface area contributed by atoms with Crippen molar-refractivity contribution in [2.45, 2.75) is 38.8 Å². The Labute approximate surface area is 143 Å². The van der Waals surface area contributed by atoms with Gasteiger partial charge in [-0.2, -0.15) is 0 Å². The van der Waals surface area contributed by atoms with Gasteiger partial charge in [-0.15, -0.1) is 0 Å². The second-order valence-corrected chi connectivity index (χ2v) is 6.28. The fraction of sp³-hybridized carbons (Fsp3) is 0.500. The van der Waals surface area contributed by atoms with Crippen LogP contribution in [0.2, 0.25) is 0 Å². The maximum Gasteiger partial charge on any atom is 0.269 e. The highest BCUT2D eigenvalue weighted by Crippen LogP contribution is 2.27. The minimum Gasteiger partial charge on any atom is -0.346 e. The molecule has 0 radical (unpaired) electrons. The van der Waals surface area contributed by atoms with Crippen molar-refractivity contribution in [2.24, 2.45) is 5.92 Å². The molecule has 0 saturated carbocycles. The van der Waals surface area contributed by atoms with Crippen LogP contribution in [0.4, 0.5) is 14.7 Å². The van der Waals surface area contributed by atoms with Crippen molar-refractivity contribution in [3.63, 3.8) is 0 Å². The molecule has 1 aliphatic heterocycles. The molecule has 1 amide bonds. The van der Waals surface area contributed by atoms with Crippen LogP contribution in [0.1, 0.15) is 42.7 Å². The van der Waals surface area contributed by atoms with Crippen LogP contribution in [0.15, 0.2) is 24.9 Å². The highest BCUT2D eigenvalue weighted by atomic mass is 19.3. The fourth-order valence-electron chi connectivity index (χ4n) is 3.14. The van der Waals surface area contributed by atoms with Crippen molar-refractivity contribution in [1.29, 1.82) is 0 Å². The van der Waals surface area contributed by atoms with Crippen molar-refractivity contribution in [3.05, 3.63) is 36.2 Å². The summed E-state index contributed by atoms with van der Waals surface area (Å²) in [6.07, 6.45) is 3.46. The normalized spacial score (nSPS) is 23.7. The minimum absolute atomic E-state index is 0.0759. The Morgan fingerprint density at radius 2 is 2.04 bits per heavy atom. The Balaban J connectivity index is 1.75. The van der Waals surface area contributed by atoms with E-state index >= 15 is 0 Å². The summed E-state index contributed by atoms with van der Waals surface area (Å²) in [5, 5.41) is 3.02. The zero-order chi connectivity index (χ0) is 18.0. The summed E-state index contributed by atoms with van der Waals surface area (Å²) in [5.41, 5.74) is 0.194. The van der Waals surface area contributed by atoms with Gasteiger partial charge in [-0.05, 0) is 19.3 Å². The summed E-state index contributed by atoms with van der Waals surface area (Å²) in [4.78, 5) is 29.0. The SMILES string of the molecule is CC1CCN(c2ncc(C(F)F)cn2)C(C)C1NC(=O)c1cnc[nH]1. The van der Waals surface area contributed by atoms with E-state index in [0.717, 1.165) is 18.8 Å². The Morgan fingerprint density at radius 1 is 1.32 bits per heavy atom. The van der Waals surface area contributed by atoms with Crippen molar-refractivity contribution in [1.82, 2.24) is 25.3 Å². The molecule has 2 N–H and O–H groups in total. The number of rotatable bonds is 4. The molecule has 3 heterocycles. The van der Waals surface area contributed by atoms with E-state index in [9.17, 15) is 13.6 Å². The number of nitrogens with zero attached hydrogens (tertiary/aromatic N) is 4. The first-order valence-corrected chi connectivity index (χ1v) is 8.13. The summed E-state index contributed by atoms with van der Waals surface area (Å²) >= 11 is 0. The third-order valence-electron chi connectivity index (χ3n) is 4.66. The van der Waals surface area contributed by atoms with E-state index in [-0.39, 0.29) is 29.5 Å². The topological polar surface area (TPSA) is 86.8 Å². The second-order valence-electron chi connectivity index (χ2n) is 6.28. The van der Waals surface area contributed by atoms with Crippen LogP contribution < -0.4 is 10.2 Å². The van der Waals surface area contributed by atoms with Gasteiger partial charge in [0.25, 0.3) is 12.3 Å². The third-order valence-corrected chi connectivity index (χ3v) is 4.66. The Hall–Kier alpha value is -2.58. The molecule has 3 unspecified atom stereocenters. The summed E-state index contributed by atoms with van der Waals surface area (Å²) in [6, 6.07) is -0.198. The second kappa shape index (κ2) is 7.12. The first kappa shape index (κ1) is 17.2. The average Bonchev–Trinajstić information content (AvgIpc) is 3.13. The van der Waals surface area contributed by atoms with E-state index in [1.165, 1.54) is 12.5 Å². The summed E-state index contributed by atoms with van der Waals surface area (Å²) in [5.74, 6) is 0.431. The molecule has 3 rings (SSSR count). The number of imidazole rings is 1. The maximum absolute atomic E-state index is 12.7. The lowest BCUT2D eigenvalue weighted by Crippen LogP contribution is -2.58. The van der Waals surface area contributed by atoms with Crippen molar-refractivity contribution < 1.29 is 13.6 Å². The maximum atomic E-state index is 12.7. The van der Waals surface area contributed by atoms with Gasteiger partial charge >= 0.3 is 0 Å². The first-order valence-electron chi connectivity index (χ1n) is 8.13. The molecule has 2 aromatic rings. The van der Waals surface area contributed by atoms with Crippen LogP contribution >= 0.6 is 0 Å². The zero-order valence-corrected chi connectivity index (χ0v) is 14.0. The molecule has 134 valence electrons. The minimum atomic E-state index is -2.59. The number of hydrogen-bond donors (Lipinski definition) is 2. The number of alkyl halides is 2. The molecule has 0 bridgehead atoms. The summed E-state index contributed by atoms with van der Waals surface area (Å²) < 4.78 is 25.3. The van der Waals surface area contributed by atoms with Gasteiger partial charge in [0, 0.05) is 25.0 Å². The van der Waals surface area contributed by atoms with Crippen LogP contribution in [0.25, 0.3) is 0 Å². The van der Waals surface area contributed by atoms with E-state index in [1.54, 1.807) is 0 Å². The number of aromatic nitrogens is 4. The van der Waals surface area contributed by atoms with Gasteiger partial charge in [-0.1, -0.05) is 6.92 Å². The number of amides is 1. The van der Waals surface area contributed by atoms with Crippen LogP contribution in [-0.4, -0.2) is 44.5 Å². The molecule has 3 atom stereocenters. The number of halogens is 2. The Kier molecular flexibility index (Phi) is 4.91. The van der Waals surface area contributed by atoms with Gasteiger partial charge in [0.2, 0.25) is 5.95 Å². The molecule has 9 heteroatoms. The predicted octanol–water partition coefficient (Wildman–Crippen LogP) is 2.17. The number of H-pyrrole nitrogens is 1. The molecule has 25 heavy (non-hydrogen) atoms. The number of hydrogen-bond acceptors (Lipinski definition) is 5. The molecular formula is C16H20F2N6O. The lowest BCUT2D eigenvalue weighted by molar-refractivity contribution is 0.0901. The van der Waals surface area contributed by atoms with E-state index in [1.807, 2.05) is 11.8 Å². The van der Waals surface area contributed by atoms with Gasteiger partial charge in [0.05, 0.1) is 24.1 Å². The highest BCUT2D eigenvalue weighted by molar-refractivity contribution is 5.92. The van der Waals surface area contributed by atoms with E-state index < -0.39 is 6.43 Å². The van der Waals surface area contributed by atoms with Crippen molar-refractivity contribution >= 4 is 11.9 Å². The average molecular weight is 350 g/mol. The number of carbonyl (C=O) groups excluding carboxylic acids is 1. The molecule has 7 nitrogen and oxygen atoms in total. The number of nitrogens with one attached hydrogen (secondary N) is 2. The van der Waals surface area contributed by atoms with E-state index in [0.29, 0.717) is 18.2 Å². The van der Waals surface area contributed by atoms with Crippen LogP contribution in [0, 0.1) is 5.92 Å². The van der Waals surface area contributed by atoms with Crippen LogP contribution in [0.5, 0.6) is 0 Å². The van der Waals surface area contributed by atoms with E-state index in [2.05, 4.69) is 32.2 Å². The molecule has 0 aliphatic carbocycles. The summed E-state index contributed by atoms with van der Waals surface area (Å²) in [7, 11) is 0. The standard InChI is InChI=1S/C16H20F2N6O/c1-9-3-4-24(16-20-5-11(6-21-16)14(17)18)10(2)13(9)23-15(25)12-7-19-8-22-12/h5-10,13-14H,3-4H2,1-2H3,(H,19,22)(H,23,25). The third kappa shape index (κ3) is 3.59. The molecule has 0 spiro atoms. The predicted molar refractivity (Wildman–Crippen MR) is 87.4 cm³/mol. The molecule has 1 saturated heterocycles. The quantitative estimate of drug-likeness (QED) is 0.882. The number of anilines is 1. The first-order chi connectivity index (χ1) is 12.0. The number of piperidine rings is 1. The number of carbonyl (C=O) groups is 1. The zero-order valence-electron chi connectivity index (χ0n) is 14.0. The lowest BCUT2D eigenvalue weighted by atomic mass is 9.87. The molecular weight excluding hydrogens is 330 g/mol. The summed E-state index contributed by atoms with van der Waals surface area (Å²) in [6.45, 7) is 4.75. The van der Waals surface area contributed by atoms with Crippen LogP contribution in [-0.2, 0) is 0 Å². The van der Waals surface area contributed by atoms with Gasteiger partial charge in [-0.25, -0.2) is 23.7 Å². The molecule has 0 aromatic carbocycles. The van der Waals surface area contributed by atoms with Crippen LogP contribution in [0.3, 0.4) is 0 Å².